The fourth-order valence-electron chi connectivity index (χ4n) is 2.67. The van der Waals surface area contributed by atoms with Crippen molar-refractivity contribution in [2.45, 2.75) is 57.2 Å². The summed E-state index contributed by atoms with van der Waals surface area (Å²) in [4.78, 5) is 11.8. The lowest BCUT2D eigenvalue weighted by atomic mass is 9.89. The van der Waals surface area contributed by atoms with E-state index in [1.807, 2.05) is 0 Å². The largest absolute Gasteiger partial charge is 0.375 e. The Kier molecular flexibility index (Phi) is 3.37. The van der Waals surface area contributed by atoms with Gasteiger partial charge in [0.05, 0.1) is 18.3 Å². The smallest absolute Gasteiger partial charge is 0.136 e. The average Bonchev–Trinajstić information content (AvgIpc) is 2.58. The second-order valence-electron chi connectivity index (χ2n) is 4.60. The monoisotopic (exact) mass is 207 g/mol. The number of unbranched alkanes of at least 4 members (excludes halogenated alkanes) is 1. The number of hydrogen-bond acceptors (Lipinski definition) is 3. The molecule has 2 fully saturated rings. The third kappa shape index (κ3) is 2.57. The third-order valence-electron chi connectivity index (χ3n) is 3.46. The summed E-state index contributed by atoms with van der Waals surface area (Å²) in [5.74, 6) is 0.570. The lowest BCUT2D eigenvalue weighted by molar-refractivity contribution is -0.128. The maximum atomic E-state index is 11.8. The maximum absolute atomic E-state index is 11.8. The van der Waals surface area contributed by atoms with Gasteiger partial charge < -0.3 is 4.74 Å². The van der Waals surface area contributed by atoms with Crippen LogP contribution in [0.4, 0.5) is 0 Å². The van der Waals surface area contributed by atoms with Gasteiger partial charge in [-0.05, 0) is 32.1 Å². The van der Waals surface area contributed by atoms with Crippen LogP contribution in [0.5, 0.6) is 0 Å². The minimum absolute atomic E-state index is 0.218. The van der Waals surface area contributed by atoms with Gasteiger partial charge in [-0.15, -0.1) is 0 Å². The van der Waals surface area contributed by atoms with E-state index >= 15 is 0 Å². The highest BCUT2D eigenvalue weighted by atomic mass is 16.5. The molecule has 2 rings (SSSR count). The van der Waals surface area contributed by atoms with Gasteiger partial charge in [-0.25, -0.2) is 0 Å². The number of ether oxygens (including phenoxy) is 1. The van der Waals surface area contributed by atoms with Crippen LogP contribution in [0.3, 0.4) is 0 Å². The predicted molar refractivity (Wildman–Crippen MR) is 55.1 cm³/mol. The van der Waals surface area contributed by atoms with E-state index in [0.717, 1.165) is 32.1 Å². The lowest BCUT2D eigenvalue weighted by Crippen LogP contribution is -2.29. The van der Waals surface area contributed by atoms with Crippen molar-refractivity contribution in [3.63, 3.8) is 0 Å². The molecular formula is C12H17NO2. The van der Waals surface area contributed by atoms with Crippen molar-refractivity contribution in [3.8, 4) is 6.07 Å². The minimum atomic E-state index is 0.218. The van der Waals surface area contributed by atoms with Gasteiger partial charge in [0.1, 0.15) is 5.78 Å². The molecule has 0 N–H and O–H groups in total. The van der Waals surface area contributed by atoms with Gasteiger partial charge in [0, 0.05) is 18.8 Å². The van der Waals surface area contributed by atoms with Crippen LogP contribution in [0.25, 0.3) is 0 Å². The van der Waals surface area contributed by atoms with E-state index in [-0.39, 0.29) is 5.92 Å². The highest BCUT2D eigenvalue weighted by Crippen LogP contribution is 2.36. The number of nitrogens with zero attached hydrogens (tertiary/aromatic N) is 1. The molecule has 15 heavy (non-hydrogen) atoms. The first-order valence-corrected chi connectivity index (χ1v) is 5.84. The van der Waals surface area contributed by atoms with E-state index in [1.165, 1.54) is 0 Å². The van der Waals surface area contributed by atoms with Crippen molar-refractivity contribution in [3.05, 3.63) is 0 Å². The number of rotatable bonds is 4. The summed E-state index contributed by atoms with van der Waals surface area (Å²) < 4.78 is 5.70. The molecule has 2 aliphatic rings. The molecule has 3 nitrogen and oxygen atoms in total. The van der Waals surface area contributed by atoms with Gasteiger partial charge in [-0.1, -0.05) is 0 Å². The summed E-state index contributed by atoms with van der Waals surface area (Å²) in [7, 11) is 0. The quantitative estimate of drug-likeness (QED) is 0.664. The van der Waals surface area contributed by atoms with Crippen molar-refractivity contribution in [2.24, 2.45) is 5.92 Å². The second kappa shape index (κ2) is 4.76. The van der Waals surface area contributed by atoms with Gasteiger partial charge >= 0.3 is 0 Å². The van der Waals surface area contributed by atoms with E-state index < -0.39 is 0 Å². The van der Waals surface area contributed by atoms with E-state index in [4.69, 9.17) is 10.00 Å². The molecule has 0 aromatic carbocycles. The van der Waals surface area contributed by atoms with Crippen LogP contribution >= 0.6 is 0 Å². The first kappa shape index (κ1) is 10.6. The summed E-state index contributed by atoms with van der Waals surface area (Å²) in [6, 6.07) is 2.08. The molecule has 0 aliphatic carbocycles. The fraction of sp³-hybridized carbons (Fsp3) is 0.833. The molecule has 0 saturated carbocycles. The Morgan fingerprint density at radius 3 is 2.60 bits per heavy atom. The number of fused-ring (bicyclic) bond motifs is 2. The van der Waals surface area contributed by atoms with Crippen LogP contribution in [0.2, 0.25) is 0 Å². The third-order valence-corrected chi connectivity index (χ3v) is 3.46. The molecule has 0 aromatic rings. The number of ketones is 1. The Bertz CT molecular complexity index is 270. The van der Waals surface area contributed by atoms with Gasteiger partial charge in [0.25, 0.3) is 0 Å². The van der Waals surface area contributed by atoms with Crippen LogP contribution in [-0.2, 0) is 9.53 Å². The lowest BCUT2D eigenvalue weighted by Gasteiger charge is -2.27. The predicted octanol–water partition coefficient (Wildman–Crippen LogP) is 2.21. The molecule has 0 radical (unpaired) electrons. The van der Waals surface area contributed by atoms with Crippen molar-refractivity contribution in [1.82, 2.24) is 0 Å². The average molecular weight is 207 g/mol. The number of Topliss-reactive ketones (excluding diaryl/α,β-unsaturated/α-hetero) is 1. The van der Waals surface area contributed by atoms with Crippen LogP contribution in [0, 0.1) is 17.2 Å². The van der Waals surface area contributed by atoms with Gasteiger partial charge in [0.2, 0.25) is 0 Å². The Morgan fingerprint density at radius 1 is 1.33 bits per heavy atom. The molecule has 2 aliphatic heterocycles. The minimum Gasteiger partial charge on any atom is -0.375 e. The fourth-order valence-corrected chi connectivity index (χ4v) is 2.67. The van der Waals surface area contributed by atoms with E-state index in [1.54, 1.807) is 0 Å². The number of carbonyl (C=O) groups excluding carboxylic acids is 1. The molecule has 2 heterocycles. The highest BCUT2D eigenvalue weighted by Gasteiger charge is 2.37. The number of nitriles is 1. The maximum Gasteiger partial charge on any atom is 0.136 e. The highest BCUT2D eigenvalue weighted by molar-refractivity contribution is 5.81. The standard InChI is InChI=1S/C12H17NO2/c13-6-2-1-3-12(14)9-7-10-4-5-11(8-9)15-10/h9-11H,1-5,7-8H2. The Morgan fingerprint density at radius 2 is 2.00 bits per heavy atom. The molecule has 2 unspecified atom stereocenters. The first-order valence-electron chi connectivity index (χ1n) is 5.84. The zero-order valence-corrected chi connectivity index (χ0v) is 8.95. The molecule has 2 atom stereocenters. The Hall–Kier alpha value is -0.880. The van der Waals surface area contributed by atoms with Crippen molar-refractivity contribution in [2.75, 3.05) is 0 Å². The van der Waals surface area contributed by atoms with E-state index in [9.17, 15) is 4.79 Å². The van der Waals surface area contributed by atoms with Crippen molar-refractivity contribution in [1.29, 1.82) is 5.26 Å². The topological polar surface area (TPSA) is 50.1 Å². The summed E-state index contributed by atoms with van der Waals surface area (Å²) >= 11 is 0. The van der Waals surface area contributed by atoms with Crippen LogP contribution < -0.4 is 0 Å². The van der Waals surface area contributed by atoms with Crippen LogP contribution in [0.15, 0.2) is 0 Å². The molecule has 82 valence electrons. The normalized spacial score (nSPS) is 33.7. The zero-order chi connectivity index (χ0) is 10.7. The molecular weight excluding hydrogens is 190 g/mol. The molecule has 2 bridgehead atoms. The Balaban J connectivity index is 1.79. The summed E-state index contributed by atoms with van der Waals surface area (Å²) in [5.41, 5.74) is 0. The summed E-state index contributed by atoms with van der Waals surface area (Å²) in [6.45, 7) is 0. The van der Waals surface area contributed by atoms with Gasteiger partial charge in [0.15, 0.2) is 0 Å². The van der Waals surface area contributed by atoms with Gasteiger partial charge in [-0.2, -0.15) is 5.26 Å². The second-order valence-corrected chi connectivity index (χ2v) is 4.60. The van der Waals surface area contributed by atoms with Crippen LogP contribution in [0.1, 0.15) is 44.9 Å². The van der Waals surface area contributed by atoms with Crippen molar-refractivity contribution >= 4 is 5.78 Å². The Labute approximate surface area is 90.4 Å². The molecule has 2 saturated heterocycles. The van der Waals surface area contributed by atoms with E-state index in [2.05, 4.69) is 6.07 Å². The molecule has 0 spiro atoms. The zero-order valence-electron chi connectivity index (χ0n) is 8.95. The number of carbonyl (C=O) groups is 1. The molecule has 0 aromatic heterocycles. The SMILES string of the molecule is N#CCCCC(=O)C1CC2CCC(C1)O2. The van der Waals surface area contributed by atoms with Gasteiger partial charge in [-0.3, -0.25) is 4.79 Å². The molecule has 0 amide bonds. The number of hydrogen-bond donors (Lipinski definition) is 0. The van der Waals surface area contributed by atoms with Crippen LogP contribution in [-0.4, -0.2) is 18.0 Å². The summed E-state index contributed by atoms with van der Waals surface area (Å²) in [5, 5.41) is 8.40. The van der Waals surface area contributed by atoms with Crippen molar-refractivity contribution < 1.29 is 9.53 Å². The van der Waals surface area contributed by atoms with E-state index in [0.29, 0.717) is 30.8 Å². The summed E-state index contributed by atoms with van der Waals surface area (Å²) in [6.07, 6.45) is 6.59. The first-order chi connectivity index (χ1) is 7.29. The molecule has 3 heteroatoms.